The Morgan fingerprint density at radius 2 is 1.92 bits per heavy atom. The van der Waals surface area contributed by atoms with Gasteiger partial charge in [0, 0.05) is 36.3 Å². The van der Waals surface area contributed by atoms with Crippen LogP contribution in [0, 0.1) is 0 Å². The number of hydrogen-bond donors (Lipinski definition) is 1. The molecule has 0 saturated carbocycles. The third kappa shape index (κ3) is 5.13. The number of pyridine rings is 1. The molecule has 3 rings (SSSR count). The Morgan fingerprint density at radius 3 is 2.65 bits per heavy atom. The summed E-state index contributed by atoms with van der Waals surface area (Å²) in [4.78, 5) is 20.7. The number of carbonyl (C=O) groups excluding carboxylic acids is 1. The quantitative estimate of drug-likeness (QED) is 0.662. The third-order valence-corrected chi connectivity index (χ3v) is 4.70. The summed E-state index contributed by atoms with van der Waals surface area (Å²) < 4.78 is 5.40. The topological polar surface area (TPSA) is 64.1 Å². The lowest BCUT2D eigenvalue weighted by molar-refractivity contribution is -0.120. The van der Waals surface area contributed by atoms with Crippen molar-refractivity contribution in [2.45, 2.75) is 19.8 Å². The molecule has 1 N–H and O–H groups in total. The van der Waals surface area contributed by atoms with Crippen LogP contribution in [0.25, 0.3) is 11.3 Å². The number of benzene rings is 1. The predicted octanol–water partition coefficient (Wildman–Crippen LogP) is 3.51. The number of amides is 1. The van der Waals surface area contributed by atoms with Gasteiger partial charge in [0.1, 0.15) is 5.75 Å². The largest absolute Gasteiger partial charge is 0.494 e. The van der Waals surface area contributed by atoms with E-state index in [1.165, 1.54) is 0 Å². The fraction of sp³-hybridized carbons (Fsp3) is 0.250. The zero-order valence-electron chi connectivity index (χ0n) is 14.6. The molecule has 1 amide bonds. The zero-order chi connectivity index (χ0) is 18.2. The molecule has 26 heavy (non-hydrogen) atoms. The van der Waals surface area contributed by atoms with Crippen molar-refractivity contribution in [2.24, 2.45) is 0 Å². The van der Waals surface area contributed by atoms with E-state index in [9.17, 15) is 4.79 Å². The Balaban J connectivity index is 1.44. The first-order chi connectivity index (χ1) is 12.7. The van der Waals surface area contributed by atoms with Gasteiger partial charge in [-0.2, -0.15) is 0 Å². The molecule has 0 radical (unpaired) electrons. The van der Waals surface area contributed by atoms with Crippen LogP contribution in [0.4, 0.5) is 0 Å². The van der Waals surface area contributed by atoms with Crippen molar-refractivity contribution in [1.82, 2.24) is 15.3 Å². The van der Waals surface area contributed by atoms with Crippen molar-refractivity contribution < 1.29 is 9.53 Å². The standard InChI is InChI=1S/C20H21N3O2S/c1-2-25-17-5-3-15(4-6-17)13-19(24)22-12-9-20-23-18(14-26-20)16-7-10-21-11-8-16/h3-8,10-11,14H,2,9,12-13H2,1H3,(H,22,24). The molecule has 3 aromatic rings. The lowest BCUT2D eigenvalue weighted by Crippen LogP contribution is -2.27. The molecule has 0 aliphatic carbocycles. The van der Waals surface area contributed by atoms with E-state index in [1.54, 1.807) is 23.7 Å². The van der Waals surface area contributed by atoms with Crippen LogP contribution in [0.2, 0.25) is 0 Å². The average Bonchev–Trinajstić information content (AvgIpc) is 3.13. The van der Waals surface area contributed by atoms with Crippen LogP contribution in [0.15, 0.2) is 54.2 Å². The van der Waals surface area contributed by atoms with E-state index in [0.29, 0.717) is 19.6 Å². The molecule has 0 saturated heterocycles. The Kier molecular flexibility index (Phi) is 6.33. The first kappa shape index (κ1) is 18.1. The van der Waals surface area contributed by atoms with Crippen molar-refractivity contribution in [3.05, 3.63) is 64.7 Å². The Labute approximate surface area is 157 Å². The fourth-order valence-corrected chi connectivity index (χ4v) is 3.32. The van der Waals surface area contributed by atoms with Gasteiger partial charge in [-0.3, -0.25) is 9.78 Å². The van der Waals surface area contributed by atoms with Gasteiger partial charge in [0.15, 0.2) is 0 Å². The van der Waals surface area contributed by atoms with Gasteiger partial charge in [-0.25, -0.2) is 4.98 Å². The minimum Gasteiger partial charge on any atom is -0.494 e. The lowest BCUT2D eigenvalue weighted by Gasteiger charge is -2.06. The maximum Gasteiger partial charge on any atom is 0.224 e. The SMILES string of the molecule is CCOc1ccc(CC(=O)NCCc2nc(-c3ccncc3)cs2)cc1. The minimum absolute atomic E-state index is 0.0140. The maximum absolute atomic E-state index is 12.1. The number of aromatic nitrogens is 2. The van der Waals surface area contributed by atoms with E-state index in [4.69, 9.17) is 4.74 Å². The first-order valence-electron chi connectivity index (χ1n) is 8.58. The molecule has 6 heteroatoms. The molecule has 0 spiro atoms. The molecule has 0 fully saturated rings. The van der Waals surface area contributed by atoms with Crippen LogP contribution >= 0.6 is 11.3 Å². The summed E-state index contributed by atoms with van der Waals surface area (Å²) in [5.41, 5.74) is 2.98. The number of thiazole rings is 1. The van der Waals surface area contributed by atoms with E-state index in [0.717, 1.165) is 34.0 Å². The number of nitrogens with one attached hydrogen (secondary N) is 1. The molecule has 134 valence electrons. The lowest BCUT2D eigenvalue weighted by atomic mass is 10.1. The van der Waals surface area contributed by atoms with Crippen LogP contribution in [0.1, 0.15) is 17.5 Å². The van der Waals surface area contributed by atoms with Gasteiger partial charge in [0.05, 0.1) is 23.7 Å². The van der Waals surface area contributed by atoms with Crippen LogP contribution < -0.4 is 10.1 Å². The summed E-state index contributed by atoms with van der Waals surface area (Å²) in [6, 6.07) is 11.5. The first-order valence-corrected chi connectivity index (χ1v) is 9.46. The van der Waals surface area contributed by atoms with Gasteiger partial charge in [0.25, 0.3) is 0 Å². The number of ether oxygens (including phenoxy) is 1. The maximum atomic E-state index is 12.1. The smallest absolute Gasteiger partial charge is 0.224 e. The second-order valence-corrected chi connectivity index (χ2v) is 6.66. The molecule has 2 aromatic heterocycles. The molecule has 2 heterocycles. The summed E-state index contributed by atoms with van der Waals surface area (Å²) in [7, 11) is 0. The minimum atomic E-state index is 0.0140. The van der Waals surface area contributed by atoms with E-state index in [2.05, 4.69) is 15.3 Å². The molecule has 0 bridgehead atoms. The molecule has 0 aliphatic rings. The van der Waals surface area contributed by atoms with Crippen LogP contribution in [-0.4, -0.2) is 29.0 Å². The van der Waals surface area contributed by atoms with Gasteiger partial charge in [-0.15, -0.1) is 11.3 Å². The van der Waals surface area contributed by atoms with Crippen molar-refractivity contribution in [3.63, 3.8) is 0 Å². The molecule has 1 aromatic carbocycles. The molecular weight excluding hydrogens is 346 g/mol. The average molecular weight is 367 g/mol. The van der Waals surface area contributed by atoms with E-state index in [-0.39, 0.29) is 5.91 Å². The number of carbonyl (C=O) groups is 1. The van der Waals surface area contributed by atoms with Gasteiger partial charge < -0.3 is 10.1 Å². The highest BCUT2D eigenvalue weighted by Crippen LogP contribution is 2.21. The molecule has 0 atom stereocenters. The van der Waals surface area contributed by atoms with Crippen LogP contribution in [0.5, 0.6) is 5.75 Å². The summed E-state index contributed by atoms with van der Waals surface area (Å²) in [5, 5.41) is 6.00. The zero-order valence-corrected chi connectivity index (χ0v) is 15.5. The van der Waals surface area contributed by atoms with Crippen molar-refractivity contribution in [3.8, 4) is 17.0 Å². The van der Waals surface area contributed by atoms with Crippen LogP contribution in [-0.2, 0) is 17.6 Å². The molecule has 0 aliphatic heterocycles. The van der Waals surface area contributed by atoms with E-state index < -0.39 is 0 Å². The number of nitrogens with zero attached hydrogens (tertiary/aromatic N) is 2. The highest BCUT2D eigenvalue weighted by Gasteiger charge is 2.07. The fourth-order valence-electron chi connectivity index (χ4n) is 2.51. The van der Waals surface area contributed by atoms with E-state index in [1.807, 2.05) is 48.7 Å². The van der Waals surface area contributed by atoms with Gasteiger partial charge in [-0.05, 0) is 36.8 Å². The van der Waals surface area contributed by atoms with Crippen molar-refractivity contribution >= 4 is 17.2 Å². The highest BCUT2D eigenvalue weighted by atomic mass is 32.1. The predicted molar refractivity (Wildman–Crippen MR) is 103 cm³/mol. The molecule has 0 unspecified atom stereocenters. The van der Waals surface area contributed by atoms with Gasteiger partial charge in [-0.1, -0.05) is 12.1 Å². The Morgan fingerprint density at radius 1 is 1.15 bits per heavy atom. The Bertz CT molecular complexity index is 832. The van der Waals surface area contributed by atoms with Crippen LogP contribution in [0.3, 0.4) is 0 Å². The van der Waals surface area contributed by atoms with Crippen molar-refractivity contribution in [2.75, 3.05) is 13.2 Å². The monoisotopic (exact) mass is 367 g/mol. The van der Waals surface area contributed by atoms with Crippen molar-refractivity contribution in [1.29, 1.82) is 0 Å². The van der Waals surface area contributed by atoms with Gasteiger partial charge >= 0.3 is 0 Å². The summed E-state index contributed by atoms with van der Waals surface area (Å²) in [6.45, 7) is 3.17. The Hall–Kier alpha value is -2.73. The number of hydrogen-bond acceptors (Lipinski definition) is 5. The van der Waals surface area contributed by atoms with E-state index >= 15 is 0 Å². The third-order valence-electron chi connectivity index (χ3n) is 3.79. The molecule has 5 nitrogen and oxygen atoms in total. The normalized spacial score (nSPS) is 10.5. The van der Waals surface area contributed by atoms with Gasteiger partial charge in [0.2, 0.25) is 5.91 Å². The molecular formula is C20H21N3O2S. The summed E-state index contributed by atoms with van der Waals surface area (Å²) >= 11 is 1.61. The summed E-state index contributed by atoms with van der Waals surface area (Å²) in [5.74, 6) is 0.838. The number of rotatable bonds is 8. The second kappa shape index (κ2) is 9.10. The summed E-state index contributed by atoms with van der Waals surface area (Å²) in [6.07, 6.45) is 4.61. The highest BCUT2D eigenvalue weighted by molar-refractivity contribution is 7.09. The second-order valence-electron chi connectivity index (χ2n) is 5.72.